The minimum absolute atomic E-state index is 0.272. The Morgan fingerprint density at radius 3 is 2.17 bits per heavy atom. The van der Waals surface area contributed by atoms with Gasteiger partial charge in [0.1, 0.15) is 0 Å². The minimum Gasteiger partial charge on any atom is -0.451 e. The van der Waals surface area contributed by atoms with Gasteiger partial charge < -0.3 is 9.47 Å². The Balaban J connectivity index is 1.40. The van der Waals surface area contributed by atoms with Gasteiger partial charge in [-0.3, -0.25) is 9.69 Å². The van der Waals surface area contributed by atoms with Gasteiger partial charge in [-0.05, 0) is 35.8 Å². The maximum atomic E-state index is 13.7. The van der Waals surface area contributed by atoms with Gasteiger partial charge in [0, 0.05) is 9.99 Å². The molecule has 0 radical (unpaired) electrons. The number of carbonyl (C=O) groups excluding carboxylic acids is 2. The number of alkyl halides is 1. The summed E-state index contributed by atoms with van der Waals surface area (Å²) in [5.74, 6) is -0.418. The smallest absolute Gasteiger partial charge is 0.334 e. The molecule has 0 saturated carbocycles. The Labute approximate surface area is 223 Å². The Hall–Kier alpha value is -3.46. The molecule has 6 nitrogen and oxygen atoms in total. The van der Waals surface area contributed by atoms with Crippen LogP contribution in [0.1, 0.15) is 28.4 Å². The second kappa shape index (κ2) is 10.3. The van der Waals surface area contributed by atoms with Crippen LogP contribution in [0.2, 0.25) is 0 Å². The van der Waals surface area contributed by atoms with Crippen LogP contribution in [0, 0.1) is 6.92 Å². The third-order valence-electron chi connectivity index (χ3n) is 6.34. The Kier molecular flexibility index (Phi) is 6.91. The zero-order valence-corrected chi connectivity index (χ0v) is 21.9. The van der Waals surface area contributed by atoms with E-state index in [9.17, 15) is 9.59 Å². The van der Waals surface area contributed by atoms with Gasteiger partial charge in [0.05, 0.1) is 0 Å². The van der Waals surface area contributed by atoms with Crippen molar-refractivity contribution >= 4 is 40.4 Å². The summed E-state index contributed by atoms with van der Waals surface area (Å²) in [4.78, 5) is 32.8. The number of benzene rings is 3. The van der Waals surface area contributed by atoms with Gasteiger partial charge in [-0.1, -0.05) is 108 Å². The van der Waals surface area contributed by atoms with Gasteiger partial charge in [0.15, 0.2) is 18.2 Å². The highest BCUT2D eigenvalue weighted by Gasteiger charge is 2.58. The van der Waals surface area contributed by atoms with Crippen LogP contribution in [0.3, 0.4) is 0 Å². The molecule has 3 aromatic carbocycles. The molecule has 0 bridgehead atoms. The van der Waals surface area contributed by atoms with Crippen molar-refractivity contribution in [1.29, 1.82) is 0 Å². The van der Waals surface area contributed by atoms with Gasteiger partial charge in [-0.25, -0.2) is 9.79 Å². The molecule has 2 heterocycles. The summed E-state index contributed by atoms with van der Waals surface area (Å²) in [6, 6.07) is 25.2. The number of rotatable bonds is 8. The number of amides is 1. The molecular weight excluding hydrogens is 567 g/mol. The maximum Gasteiger partial charge on any atom is 0.334 e. The predicted octanol–water partition coefficient (Wildman–Crippen LogP) is 5.00. The normalized spacial score (nSPS) is 19.1. The van der Waals surface area contributed by atoms with Crippen LogP contribution in [0.4, 0.5) is 0 Å². The third kappa shape index (κ3) is 4.55. The number of β-lactam (4-membered cyclic amide) rings is 1. The number of halogens is 1. The maximum absolute atomic E-state index is 13.7. The number of likely N-dealkylation sites (tertiary alicyclic amines) is 1. The molecular formula is C29H25IN2O4. The lowest BCUT2D eigenvalue weighted by Crippen LogP contribution is -2.68. The number of aryl methyl sites for hydroxylation is 1. The van der Waals surface area contributed by atoms with Gasteiger partial charge in [-0.15, -0.1) is 0 Å². The summed E-state index contributed by atoms with van der Waals surface area (Å²) >= 11 is 2.14. The number of ether oxygens (including phenoxy) is 2. The van der Waals surface area contributed by atoms with E-state index in [0.717, 1.165) is 22.3 Å². The first-order valence-electron chi connectivity index (χ1n) is 11.7. The summed E-state index contributed by atoms with van der Waals surface area (Å²) in [6.07, 6.45) is -1.29. The topological polar surface area (TPSA) is 68.2 Å². The number of carbonyl (C=O) groups is 2. The first-order valence-corrected chi connectivity index (χ1v) is 13.2. The van der Waals surface area contributed by atoms with Gasteiger partial charge in [-0.2, -0.15) is 0 Å². The molecule has 182 valence electrons. The number of fused-ring (bicyclic) bond motifs is 1. The van der Waals surface area contributed by atoms with Crippen molar-refractivity contribution < 1.29 is 19.1 Å². The summed E-state index contributed by atoms with van der Waals surface area (Å²) in [5, 5.41) is 0. The van der Waals surface area contributed by atoms with Gasteiger partial charge in [0.25, 0.3) is 5.91 Å². The van der Waals surface area contributed by atoms with Crippen LogP contribution in [0.5, 0.6) is 0 Å². The van der Waals surface area contributed by atoms with Crippen LogP contribution in [0.25, 0.3) is 0 Å². The summed E-state index contributed by atoms with van der Waals surface area (Å²) < 4.78 is 12.6. The molecule has 0 unspecified atom stereocenters. The quantitative estimate of drug-likeness (QED) is 0.121. The lowest BCUT2D eigenvalue weighted by molar-refractivity contribution is -0.178. The number of hydrogen-bond acceptors (Lipinski definition) is 5. The molecule has 2 aliphatic rings. The fourth-order valence-corrected chi connectivity index (χ4v) is 4.83. The van der Waals surface area contributed by atoms with Crippen LogP contribution >= 0.6 is 22.6 Å². The van der Waals surface area contributed by atoms with Crippen molar-refractivity contribution in [1.82, 2.24) is 4.90 Å². The first-order chi connectivity index (χ1) is 17.5. The van der Waals surface area contributed by atoms with Crippen molar-refractivity contribution in [2.75, 3.05) is 4.43 Å². The molecule has 1 amide bonds. The van der Waals surface area contributed by atoms with E-state index >= 15 is 0 Å². The standard InChI is InChI=1S/C29H25IN2O4/c1-18-13-15-22(16-14-18)26-31-23-27(33)32(28(23)36-26)24(19(2)17-30)29(34)35-25(20-9-5-3-6-10-20)21-11-7-4-8-12-21/h3-16,23-25,28H,2,17H2,1H3/t23-,24+,28-/m0/s1. The number of hydrogen-bond donors (Lipinski definition) is 0. The van der Waals surface area contributed by atoms with E-state index < -0.39 is 30.4 Å². The van der Waals surface area contributed by atoms with E-state index in [1.807, 2.05) is 91.9 Å². The Bertz CT molecular complexity index is 1270. The lowest BCUT2D eigenvalue weighted by atomic mass is 9.97. The zero-order chi connectivity index (χ0) is 25.2. The van der Waals surface area contributed by atoms with E-state index in [0.29, 0.717) is 15.9 Å². The predicted molar refractivity (Wildman–Crippen MR) is 146 cm³/mol. The molecule has 0 aromatic heterocycles. The van der Waals surface area contributed by atoms with E-state index in [-0.39, 0.29) is 5.91 Å². The SMILES string of the molecule is C=C(CI)[C@H](C(=O)OC(c1ccccc1)c1ccccc1)N1C(=O)[C@@H]2N=C(c3ccc(C)cc3)O[C@@H]21. The molecule has 0 aliphatic carbocycles. The van der Waals surface area contributed by atoms with Crippen molar-refractivity contribution in [3.05, 3.63) is 119 Å². The van der Waals surface area contributed by atoms with Crippen LogP contribution in [-0.2, 0) is 19.1 Å². The highest BCUT2D eigenvalue weighted by Crippen LogP contribution is 2.36. The van der Waals surface area contributed by atoms with E-state index in [1.165, 1.54) is 4.90 Å². The summed E-state index contributed by atoms with van der Waals surface area (Å²) in [7, 11) is 0. The average molecular weight is 592 g/mol. The summed E-state index contributed by atoms with van der Waals surface area (Å²) in [6.45, 7) is 6.09. The van der Waals surface area contributed by atoms with Gasteiger partial charge in [0.2, 0.25) is 12.1 Å². The van der Waals surface area contributed by atoms with Gasteiger partial charge >= 0.3 is 5.97 Å². The average Bonchev–Trinajstić information content (AvgIpc) is 3.31. The highest BCUT2D eigenvalue weighted by atomic mass is 127. The van der Waals surface area contributed by atoms with E-state index in [1.54, 1.807) is 0 Å². The fraction of sp³-hybridized carbons (Fsp3) is 0.207. The number of nitrogens with zero attached hydrogens (tertiary/aromatic N) is 2. The molecule has 1 fully saturated rings. The number of esters is 1. The van der Waals surface area contributed by atoms with Crippen LogP contribution < -0.4 is 0 Å². The fourth-order valence-electron chi connectivity index (χ4n) is 4.41. The zero-order valence-electron chi connectivity index (χ0n) is 19.7. The summed E-state index contributed by atoms with van der Waals surface area (Å²) in [5.41, 5.74) is 4.16. The Morgan fingerprint density at radius 2 is 1.61 bits per heavy atom. The van der Waals surface area contributed by atoms with E-state index in [2.05, 4.69) is 34.2 Å². The van der Waals surface area contributed by atoms with E-state index in [4.69, 9.17) is 9.47 Å². The Morgan fingerprint density at radius 1 is 1.03 bits per heavy atom. The van der Waals surface area contributed by atoms with Crippen LogP contribution in [-0.4, -0.2) is 45.4 Å². The second-order valence-corrected chi connectivity index (χ2v) is 9.59. The lowest BCUT2D eigenvalue weighted by Gasteiger charge is -2.44. The second-order valence-electron chi connectivity index (χ2n) is 8.83. The highest BCUT2D eigenvalue weighted by molar-refractivity contribution is 14.1. The molecule has 3 atom stereocenters. The monoisotopic (exact) mass is 592 g/mol. The molecule has 36 heavy (non-hydrogen) atoms. The third-order valence-corrected chi connectivity index (χ3v) is 7.32. The van der Waals surface area contributed by atoms with Crippen LogP contribution in [0.15, 0.2) is 102 Å². The molecule has 7 heteroatoms. The van der Waals surface area contributed by atoms with Crippen molar-refractivity contribution in [2.45, 2.75) is 31.3 Å². The largest absolute Gasteiger partial charge is 0.451 e. The molecule has 0 spiro atoms. The molecule has 0 N–H and O–H groups in total. The molecule has 1 saturated heterocycles. The molecule has 2 aliphatic heterocycles. The van der Waals surface area contributed by atoms with Crippen molar-refractivity contribution in [3.8, 4) is 0 Å². The van der Waals surface area contributed by atoms with Crippen molar-refractivity contribution in [3.63, 3.8) is 0 Å². The molecule has 5 rings (SSSR count). The number of aliphatic imine (C=N–C) groups is 1. The molecule has 3 aromatic rings. The first kappa shape index (κ1) is 24.2. The van der Waals surface area contributed by atoms with Crippen molar-refractivity contribution in [2.24, 2.45) is 4.99 Å². The minimum atomic E-state index is -0.974.